The van der Waals surface area contributed by atoms with Crippen molar-refractivity contribution >= 4 is 15.9 Å². The number of aliphatic hydroxyl groups excluding tert-OH is 1. The van der Waals surface area contributed by atoms with E-state index < -0.39 is 6.10 Å². The van der Waals surface area contributed by atoms with Gasteiger partial charge in [0, 0.05) is 7.05 Å². The van der Waals surface area contributed by atoms with Crippen LogP contribution < -0.4 is 0 Å². The lowest BCUT2D eigenvalue weighted by molar-refractivity contribution is 0.153. The van der Waals surface area contributed by atoms with Gasteiger partial charge in [0.25, 0.3) is 0 Å². The molecule has 3 nitrogen and oxygen atoms in total. The molecule has 1 heterocycles. The minimum atomic E-state index is -0.400. The summed E-state index contributed by atoms with van der Waals surface area (Å²) in [5, 5.41) is 14.0. The van der Waals surface area contributed by atoms with Gasteiger partial charge in [0.2, 0.25) is 0 Å². The molecule has 0 radical (unpaired) electrons. The second-order valence-corrected chi connectivity index (χ2v) is 4.37. The average Bonchev–Trinajstić information content (AvgIpc) is 2.46. The molecule has 1 aromatic rings. The van der Waals surface area contributed by atoms with E-state index in [9.17, 15) is 5.11 Å². The SMILES string of the molecule is CCCCCC(O)c1c(Br)cnn1C. The molecule has 0 amide bonds. The zero-order valence-corrected chi connectivity index (χ0v) is 10.3. The van der Waals surface area contributed by atoms with Gasteiger partial charge in [0.15, 0.2) is 0 Å². The predicted octanol–water partition coefficient (Wildman–Crippen LogP) is 2.80. The van der Waals surface area contributed by atoms with Crippen LogP contribution in [0.1, 0.15) is 44.4 Å². The molecule has 1 rings (SSSR count). The third-order valence-corrected chi connectivity index (χ3v) is 2.95. The molecule has 0 spiro atoms. The average molecular weight is 261 g/mol. The summed E-state index contributed by atoms with van der Waals surface area (Å²) in [6, 6.07) is 0. The van der Waals surface area contributed by atoms with E-state index >= 15 is 0 Å². The molecule has 1 aromatic heterocycles. The second-order valence-electron chi connectivity index (χ2n) is 3.51. The number of hydrogen-bond donors (Lipinski definition) is 1. The molecular weight excluding hydrogens is 244 g/mol. The van der Waals surface area contributed by atoms with Gasteiger partial charge in [-0.2, -0.15) is 5.10 Å². The van der Waals surface area contributed by atoms with Gasteiger partial charge < -0.3 is 5.11 Å². The van der Waals surface area contributed by atoms with Crippen molar-refractivity contribution in [1.29, 1.82) is 0 Å². The number of aliphatic hydroxyl groups is 1. The minimum absolute atomic E-state index is 0.400. The maximum Gasteiger partial charge on any atom is 0.0968 e. The monoisotopic (exact) mass is 260 g/mol. The molecule has 80 valence electrons. The lowest BCUT2D eigenvalue weighted by Gasteiger charge is -2.11. The van der Waals surface area contributed by atoms with Crippen molar-refractivity contribution < 1.29 is 5.11 Å². The fourth-order valence-corrected chi connectivity index (χ4v) is 2.13. The highest BCUT2D eigenvalue weighted by atomic mass is 79.9. The molecule has 1 unspecified atom stereocenters. The number of unbranched alkanes of at least 4 members (excludes halogenated alkanes) is 2. The van der Waals surface area contributed by atoms with Crippen LogP contribution in [-0.2, 0) is 7.05 Å². The normalized spacial score (nSPS) is 13.1. The van der Waals surface area contributed by atoms with Gasteiger partial charge in [0.1, 0.15) is 0 Å². The van der Waals surface area contributed by atoms with Crippen LogP contribution in [0.15, 0.2) is 10.7 Å². The number of halogens is 1. The lowest BCUT2D eigenvalue weighted by Crippen LogP contribution is -2.05. The Bertz CT molecular complexity index is 266. The predicted molar refractivity (Wildman–Crippen MR) is 60.0 cm³/mol. The highest BCUT2D eigenvalue weighted by molar-refractivity contribution is 9.10. The summed E-state index contributed by atoms with van der Waals surface area (Å²) in [6.45, 7) is 2.16. The van der Waals surface area contributed by atoms with E-state index in [0.717, 1.165) is 23.0 Å². The van der Waals surface area contributed by atoms with Gasteiger partial charge in [-0.15, -0.1) is 0 Å². The van der Waals surface area contributed by atoms with Crippen LogP contribution >= 0.6 is 15.9 Å². The van der Waals surface area contributed by atoms with Crippen molar-refractivity contribution in [2.45, 2.75) is 38.7 Å². The molecule has 0 aliphatic heterocycles. The number of aryl methyl sites for hydroxylation is 1. The summed E-state index contributed by atoms with van der Waals surface area (Å²) in [5.41, 5.74) is 0.876. The quantitative estimate of drug-likeness (QED) is 0.827. The first-order valence-corrected chi connectivity index (χ1v) is 5.81. The first-order chi connectivity index (χ1) is 6.66. The summed E-state index contributed by atoms with van der Waals surface area (Å²) < 4.78 is 2.62. The molecule has 0 aliphatic carbocycles. The molecule has 14 heavy (non-hydrogen) atoms. The van der Waals surface area contributed by atoms with Crippen LogP contribution in [0.5, 0.6) is 0 Å². The maximum absolute atomic E-state index is 9.91. The summed E-state index contributed by atoms with van der Waals surface area (Å²) >= 11 is 3.38. The lowest BCUT2D eigenvalue weighted by atomic mass is 10.1. The topological polar surface area (TPSA) is 38.1 Å². The highest BCUT2D eigenvalue weighted by Crippen LogP contribution is 2.26. The smallest absolute Gasteiger partial charge is 0.0968 e. The molecule has 0 aromatic carbocycles. The Kier molecular flexibility index (Phi) is 4.62. The second kappa shape index (κ2) is 5.51. The Hall–Kier alpha value is -0.350. The summed E-state index contributed by atoms with van der Waals surface area (Å²) in [6.07, 6.45) is 5.55. The van der Waals surface area contributed by atoms with Gasteiger partial charge in [-0.25, -0.2) is 0 Å². The van der Waals surface area contributed by atoms with Crippen LogP contribution in [0, 0.1) is 0 Å². The third kappa shape index (κ3) is 2.82. The van der Waals surface area contributed by atoms with Crippen molar-refractivity contribution in [3.8, 4) is 0 Å². The van der Waals surface area contributed by atoms with Gasteiger partial charge >= 0.3 is 0 Å². The highest BCUT2D eigenvalue weighted by Gasteiger charge is 2.15. The first-order valence-electron chi connectivity index (χ1n) is 5.02. The van der Waals surface area contributed by atoms with E-state index in [1.165, 1.54) is 12.8 Å². The van der Waals surface area contributed by atoms with Crippen molar-refractivity contribution in [2.75, 3.05) is 0 Å². The Morgan fingerprint density at radius 1 is 1.57 bits per heavy atom. The fourth-order valence-electron chi connectivity index (χ4n) is 1.52. The molecule has 1 N–H and O–H groups in total. The molecule has 0 aliphatic rings. The van der Waals surface area contributed by atoms with Crippen molar-refractivity contribution in [2.24, 2.45) is 7.05 Å². The molecule has 0 saturated carbocycles. The summed E-state index contributed by atoms with van der Waals surface area (Å²) in [4.78, 5) is 0. The minimum Gasteiger partial charge on any atom is -0.387 e. The maximum atomic E-state index is 9.91. The molecule has 0 saturated heterocycles. The Labute approximate surface area is 93.3 Å². The van der Waals surface area contributed by atoms with Gasteiger partial charge in [-0.1, -0.05) is 26.2 Å². The van der Waals surface area contributed by atoms with E-state index in [0.29, 0.717) is 0 Å². The Balaban J connectivity index is 2.55. The molecule has 4 heteroatoms. The van der Waals surface area contributed by atoms with Crippen LogP contribution in [0.3, 0.4) is 0 Å². The number of hydrogen-bond acceptors (Lipinski definition) is 2. The molecular formula is C10H17BrN2O. The molecule has 0 bridgehead atoms. The van der Waals surface area contributed by atoms with Crippen LogP contribution in [0.4, 0.5) is 0 Å². The van der Waals surface area contributed by atoms with Crippen LogP contribution in [0.25, 0.3) is 0 Å². The van der Waals surface area contributed by atoms with Gasteiger partial charge in [-0.3, -0.25) is 4.68 Å². The van der Waals surface area contributed by atoms with Crippen molar-refractivity contribution in [1.82, 2.24) is 9.78 Å². The molecule has 0 fully saturated rings. The van der Waals surface area contributed by atoms with E-state index in [1.807, 2.05) is 7.05 Å². The van der Waals surface area contributed by atoms with E-state index in [1.54, 1.807) is 10.9 Å². The standard InChI is InChI=1S/C10H17BrN2O/c1-3-4-5-6-9(14)10-8(11)7-12-13(10)2/h7,9,14H,3-6H2,1-2H3. The zero-order chi connectivity index (χ0) is 10.6. The zero-order valence-electron chi connectivity index (χ0n) is 8.70. The van der Waals surface area contributed by atoms with Gasteiger partial charge in [-0.05, 0) is 22.4 Å². The first kappa shape index (κ1) is 11.7. The third-order valence-electron chi connectivity index (χ3n) is 2.33. The molecule has 1 atom stereocenters. The van der Waals surface area contributed by atoms with Crippen molar-refractivity contribution in [3.63, 3.8) is 0 Å². The van der Waals surface area contributed by atoms with Crippen LogP contribution in [-0.4, -0.2) is 14.9 Å². The van der Waals surface area contributed by atoms with E-state index in [-0.39, 0.29) is 0 Å². The number of nitrogens with zero attached hydrogens (tertiary/aromatic N) is 2. The van der Waals surface area contributed by atoms with E-state index in [4.69, 9.17) is 0 Å². The largest absolute Gasteiger partial charge is 0.387 e. The fraction of sp³-hybridized carbons (Fsp3) is 0.700. The summed E-state index contributed by atoms with van der Waals surface area (Å²) in [7, 11) is 1.85. The Morgan fingerprint density at radius 3 is 2.79 bits per heavy atom. The van der Waals surface area contributed by atoms with Crippen molar-refractivity contribution in [3.05, 3.63) is 16.4 Å². The summed E-state index contributed by atoms with van der Waals surface area (Å²) in [5.74, 6) is 0. The number of rotatable bonds is 5. The number of aromatic nitrogens is 2. The van der Waals surface area contributed by atoms with Crippen LogP contribution in [0.2, 0.25) is 0 Å². The Morgan fingerprint density at radius 2 is 2.29 bits per heavy atom. The van der Waals surface area contributed by atoms with Gasteiger partial charge in [0.05, 0.1) is 22.5 Å². The van der Waals surface area contributed by atoms with E-state index in [2.05, 4.69) is 28.0 Å².